The van der Waals surface area contributed by atoms with Crippen molar-refractivity contribution in [3.8, 4) is 0 Å². The number of hydrogen-bond donors (Lipinski definition) is 1. The highest BCUT2D eigenvalue weighted by molar-refractivity contribution is 7.99. The van der Waals surface area contributed by atoms with E-state index in [9.17, 15) is 9.59 Å². The molecule has 0 aliphatic carbocycles. The van der Waals surface area contributed by atoms with Crippen LogP contribution in [0.4, 0.5) is 5.69 Å². The van der Waals surface area contributed by atoms with Crippen molar-refractivity contribution in [2.24, 2.45) is 11.8 Å². The molecule has 3 aromatic rings. The normalized spacial score (nSPS) is 17.9. The number of thioether (sulfide) groups is 1. The lowest BCUT2D eigenvalue weighted by atomic mass is 9.91. The van der Waals surface area contributed by atoms with Crippen LogP contribution in [0.15, 0.2) is 53.7 Å². The maximum absolute atomic E-state index is 13.1. The first-order chi connectivity index (χ1) is 16.8. The van der Waals surface area contributed by atoms with E-state index in [1.165, 1.54) is 11.8 Å². The van der Waals surface area contributed by atoms with Gasteiger partial charge in [0.15, 0.2) is 5.16 Å². The van der Waals surface area contributed by atoms with E-state index in [1.54, 1.807) is 6.07 Å². The molecule has 8 heteroatoms. The minimum absolute atomic E-state index is 0.0257. The lowest BCUT2D eigenvalue weighted by molar-refractivity contribution is -0.113. The van der Waals surface area contributed by atoms with Crippen molar-refractivity contribution in [1.29, 1.82) is 0 Å². The average molecular weight is 492 g/mol. The smallest absolute Gasteiger partial charge is 0.253 e. The van der Waals surface area contributed by atoms with Crippen LogP contribution in [0, 0.1) is 25.7 Å². The molecule has 1 aliphatic rings. The van der Waals surface area contributed by atoms with Gasteiger partial charge >= 0.3 is 0 Å². The third-order valence-corrected chi connectivity index (χ3v) is 7.30. The van der Waals surface area contributed by atoms with Gasteiger partial charge in [0.05, 0.1) is 12.3 Å². The summed E-state index contributed by atoms with van der Waals surface area (Å²) < 4.78 is 2.01. The van der Waals surface area contributed by atoms with Crippen molar-refractivity contribution in [2.45, 2.75) is 45.8 Å². The summed E-state index contributed by atoms with van der Waals surface area (Å²) >= 11 is 1.36. The molecule has 1 aliphatic heterocycles. The lowest BCUT2D eigenvalue weighted by Gasteiger charge is -2.35. The Bertz CT molecular complexity index is 1180. The number of carbonyl (C=O) groups excluding carboxylic acids is 2. The Hall–Kier alpha value is -3.13. The maximum Gasteiger partial charge on any atom is 0.253 e. The zero-order valence-corrected chi connectivity index (χ0v) is 21.6. The van der Waals surface area contributed by atoms with Gasteiger partial charge in [0.2, 0.25) is 5.91 Å². The van der Waals surface area contributed by atoms with E-state index in [4.69, 9.17) is 0 Å². The van der Waals surface area contributed by atoms with E-state index >= 15 is 0 Å². The second kappa shape index (κ2) is 11.1. The van der Waals surface area contributed by atoms with Gasteiger partial charge < -0.3 is 14.8 Å². The second-order valence-corrected chi connectivity index (χ2v) is 10.6. The largest absolute Gasteiger partial charge is 0.338 e. The number of nitrogens with zero attached hydrogens (tertiary/aromatic N) is 4. The van der Waals surface area contributed by atoms with Crippen LogP contribution >= 0.6 is 11.8 Å². The standard InChI is InChI=1S/C27H33N5O2S/c1-18-12-19(2)15-31(14-18)26(34)23-11-10-20(3)24(13-23)28-25(33)17-35-27-30-29-21(4)32(27)16-22-8-6-5-7-9-22/h5-11,13,18-19H,12,14-17H2,1-4H3,(H,28,33). The lowest BCUT2D eigenvalue weighted by Crippen LogP contribution is -2.42. The summed E-state index contributed by atoms with van der Waals surface area (Å²) in [6.45, 7) is 10.4. The van der Waals surface area contributed by atoms with Crippen LogP contribution in [-0.2, 0) is 11.3 Å². The van der Waals surface area contributed by atoms with Crippen LogP contribution in [0.2, 0.25) is 0 Å². The van der Waals surface area contributed by atoms with E-state index < -0.39 is 0 Å². The van der Waals surface area contributed by atoms with Gasteiger partial charge in [-0.2, -0.15) is 0 Å². The van der Waals surface area contributed by atoms with Crippen LogP contribution in [0.5, 0.6) is 0 Å². The van der Waals surface area contributed by atoms with Gasteiger partial charge in [0, 0.05) is 24.3 Å². The molecule has 0 radical (unpaired) electrons. The maximum atomic E-state index is 13.1. The highest BCUT2D eigenvalue weighted by Gasteiger charge is 2.26. The van der Waals surface area contributed by atoms with Crippen LogP contribution in [0.25, 0.3) is 0 Å². The van der Waals surface area contributed by atoms with Gasteiger partial charge in [-0.3, -0.25) is 9.59 Å². The molecule has 184 valence electrons. The van der Waals surface area contributed by atoms with Crippen molar-refractivity contribution >= 4 is 29.3 Å². The summed E-state index contributed by atoms with van der Waals surface area (Å²) in [7, 11) is 0. The fourth-order valence-corrected chi connectivity index (χ4v) is 5.42. The van der Waals surface area contributed by atoms with Crippen molar-refractivity contribution in [3.63, 3.8) is 0 Å². The van der Waals surface area contributed by atoms with E-state index in [2.05, 4.69) is 41.5 Å². The van der Waals surface area contributed by atoms with Crippen LogP contribution in [0.1, 0.15) is 47.6 Å². The molecule has 2 atom stereocenters. The predicted molar refractivity (Wildman–Crippen MR) is 140 cm³/mol. The number of anilines is 1. The second-order valence-electron chi connectivity index (χ2n) is 9.62. The summed E-state index contributed by atoms with van der Waals surface area (Å²) in [5.74, 6) is 1.88. The molecule has 0 spiro atoms. The molecule has 2 unspecified atom stereocenters. The van der Waals surface area contributed by atoms with Gasteiger partial charge in [0.1, 0.15) is 5.82 Å². The minimum Gasteiger partial charge on any atom is -0.338 e. The fraction of sp³-hybridized carbons (Fsp3) is 0.407. The summed E-state index contributed by atoms with van der Waals surface area (Å²) in [5, 5.41) is 12.1. The zero-order valence-electron chi connectivity index (χ0n) is 20.8. The van der Waals surface area contributed by atoms with Gasteiger partial charge in [-0.1, -0.05) is 62.0 Å². The molecule has 0 saturated carbocycles. The number of hydrogen-bond acceptors (Lipinski definition) is 5. The molecule has 1 fully saturated rings. The summed E-state index contributed by atoms with van der Waals surface area (Å²) in [5.41, 5.74) is 3.35. The van der Waals surface area contributed by atoms with E-state index in [0.717, 1.165) is 36.5 Å². The Kier molecular flexibility index (Phi) is 7.90. The molecule has 0 bridgehead atoms. The first-order valence-corrected chi connectivity index (χ1v) is 13.0. The number of amides is 2. The monoisotopic (exact) mass is 491 g/mol. The Morgan fingerprint density at radius 3 is 2.46 bits per heavy atom. The Labute approximate surface area is 211 Å². The quantitative estimate of drug-likeness (QED) is 0.481. The van der Waals surface area contributed by atoms with Crippen LogP contribution in [-0.4, -0.2) is 50.3 Å². The Morgan fingerprint density at radius 2 is 1.74 bits per heavy atom. The Morgan fingerprint density at radius 1 is 1.03 bits per heavy atom. The highest BCUT2D eigenvalue weighted by atomic mass is 32.2. The zero-order chi connectivity index (χ0) is 24.9. The predicted octanol–water partition coefficient (Wildman–Crippen LogP) is 4.79. The number of rotatable bonds is 7. The molecule has 2 heterocycles. The fourth-order valence-electron chi connectivity index (χ4n) is 4.63. The number of likely N-dealkylation sites (tertiary alicyclic amines) is 1. The van der Waals surface area contributed by atoms with E-state index in [1.807, 2.05) is 53.6 Å². The number of carbonyl (C=O) groups is 2. The molecular weight excluding hydrogens is 458 g/mol. The first kappa shape index (κ1) is 25.0. The van der Waals surface area contributed by atoms with E-state index in [-0.39, 0.29) is 17.6 Å². The molecule has 1 aromatic heterocycles. The molecule has 1 saturated heterocycles. The molecule has 2 aromatic carbocycles. The molecule has 35 heavy (non-hydrogen) atoms. The van der Waals surface area contributed by atoms with Crippen molar-refractivity contribution in [3.05, 3.63) is 71.0 Å². The molecule has 2 amide bonds. The van der Waals surface area contributed by atoms with Crippen molar-refractivity contribution < 1.29 is 9.59 Å². The van der Waals surface area contributed by atoms with Crippen LogP contribution < -0.4 is 5.32 Å². The van der Waals surface area contributed by atoms with Gasteiger partial charge in [0.25, 0.3) is 5.91 Å². The van der Waals surface area contributed by atoms with Crippen LogP contribution in [0.3, 0.4) is 0 Å². The van der Waals surface area contributed by atoms with Gasteiger partial charge in [-0.15, -0.1) is 10.2 Å². The van der Waals surface area contributed by atoms with Gasteiger partial charge in [-0.05, 0) is 55.4 Å². The van der Waals surface area contributed by atoms with Crippen molar-refractivity contribution in [2.75, 3.05) is 24.2 Å². The third kappa shape index (κ3) is 6.31. The topological polar surface area (TPSA) is 80.1 Å². The number of aromatic nitrogens is 3. The number of aryl methyl sites for hydroxylation is 2. The van der Waals surface area contributed by atoms with Gasteiger partial charge in [-0.25, -0.2) is 0 Å². The third-order valence-electron chi connectivity index (χ3n) is 6.33. The molecule has 4 rings (SSSR count). The number of benzene rings is 2. The molecule has 1 N–H and O–H groups in total. The Balaban J connectivity index is 1.40. The first-order valence-electron chi connectivity index (χ1n) is 12.1. The SMILES string of the molecule is Cc1ccc(C(=O)N2CC(C)CC(C)C2)cc1NC(=O)CSc1nnc(C)n1Cc1ccccc1. The van der Waals surface area contributed by atoms with Crippen molar-refractivity contribution in [1.82, 2.24) is 19.7 Å². The average Bonchev–Trinajstić information content (AvgIpc) is 3.17. The number of nitrogens with one attached hydrogen (secondary N) is 1. The minimum atomic E-state index is -0.144. The highest BCUT2D eigenvalue weighted by Crippen LogP contribution is 2.25. The summed E-state index contributed by atoms with van der Waals surface area (Å²) in [6, 6.07) is 15.7. The number of piperidine rings is 1. The molecular formula is C27H33N5O2S. The molecule has 7 nitrogen and oxygen atoms in total. The summed E-state index contributed by atoms with van der Waals surface area (Å²) in [4.78, 5) is 27.9. The van der Waals surface area contributed by atoms with E-state index in [0.29, 0.717) is 34.8 Å². The summed E-state index contributed by atoms with van der Waals surface area (Å²) in [6.07, 6.45) is 1.15.